The van der Waals surface area contributed by atoms with Crippen LogP contribution in [0.4, 0.5) is 27.5 Å². The van der Waals surface area contributed by atoms with Gasteiger partial charge in [-0.3, -0.25) is 0 Å². The molecule has 0 aromatic heterocycles. The van der Waals surface area contributed by atoms with Gasteiger partial charge in [0.2, 0.25) is 0 Å². The van der Waals surface area contributed by atoms with Crippen molar-refractivity contribution >= 4 is 37.6 Å². The number of urea groups is 1. The third kappa shape index (κ3) is 8.75. The Bertz CT molecular complexity index is 829. The minimum atomic E-state index is -2.68. The van der Waals surface area contributed by atoms with Crippen LogP contribution in [0.5, 0.6) is 0 Å². The summed E-state index contributed by atoms with van der Waals surface area (Å²) < 4.78 is 17.5. The van der Waals surface area contributed by atoms with Crippen molar-refractivity contribution < 1.29 is 18.1 Å². The molecule has 0 unspecified atom stereocenters. The summed E-state index contributed by atoms with van der Waals surface area (Å²) in [4.78, 5) is 12.2. The second-order valence-electron chi connectivity index (χ2n) is 6.80. The highest BCUT2D eigenvalue weighted by Crippen LogP contribution is 2.21. The lowest BCUT2D eigenvalue weighted by Gasteiger charge is -2.28. The van der Waals surface area contributed by atoms with Crippen molar-refractivity contribution in [1.82, 2.24) is 5.32 Å². The first-order valence-corrected chi connectivity index (χ1v) is 12.8. The van der Waals surface area contributed by atoms with Crippen LogP contribution in [0.1, 0.15) is 27.2 Å². The Labute approximate surface area is 190 Å². The number of anilines is 2. The number of carbonyl (C=O) groups is 1. The topological polar surface area (TPSA) is 120 Å². The first kappa shape index (κ1) is 25.5. The Morgan fingerprint density at radius 3 is 1.88 bits per heavy atom. The Kier molecular flexibility index (Phi) is 10.8. The lowest BCUT2D eigenvalue weighted by molar-refractivity contribution is 0.0708. The summed E-state index contributed by atoms with van der Waals surface area (Å²) in [5.41, 5.74) is 8.39. The highest BCUT2D eigenvalue weighted by molar-refractivity contribution is 6.60. The van der Waals surface area contributed by atoms with E-state index in [1.165, 1.54) is 0 Å². The van der Waals surface area contributed by atoms with Gasteiger partial charge in [-0.25, -0.2) is 4.79 Å². The predicted octanol–water partition coefficient (Wildman–Crippen LogP) is 5.24. The molecule has 0 saturated heterocycles. The number of nitrogens with one attached hydrogen (secondary N) is 2. The van der Waals surface area contributed by atoms with Crippen molar-refractivity contribution in [2.45, 2.75) is 33.2 Å². The predicted molar refractivity (Wildman–Crippen MR) is 129 cm³/mol. The number of benzene rings is 2. The van der Waals surface area contributed by atoms with Crippen LogP contribution in [0, 0.1) is 0 Å². The largest absolute Gasteiger partial charge is 0.500 e. The molecule has 0 aliphatic rings. The molecule has 2 amide bonds. The van der Waals surface area contributed by atoms with Gasteiger partial charge in [0.1, 0.15) is 0 Å². The van der Waals surface area contributed by atoms with Gasteiger partial charge in [-0.2, -0.15) is 10.2 Å². The number of hydrogen-bond acceptors (Lipinski definition) is 7. The molecule has 0 aliphatic heterocycles. The summed E-state index contributed by atoms with van der Waals surface area (Å²) in [5.74, 6) is 0. The molecule has 0 radical (unpaired) electrons. The van der Waals surface area contributed by atoms with E-state index in [1.54, 1.807) is 48.5 Å². The standard InChI is InChI=1S/C22H33N5O4Si/c1-4-29-32(30-5-2,31-6-3)17-7-16-24-22(28)25-19-12-14-21(15-13-19)27-26-20-10-8-18(23)9-11-20/h8-15H,4-7,16-17,23H2,1-3H3,(H2,24,25,28). The summed E-state index contributed by atoms with van der Waals surface area (Å²) in [6, 6.07) is 14.6. The first-order chi connectivity index (χ1) is 15.5. The second-order valence-corrected chi connectivity index (χ2v) is 9.54. The molecule has 174 valence electrons. The fraction of sp³-hybridized carbons (Fsp3) is 0.409. The van der Waals surface area contributed by atoms with E-state index in [1.807, 2.05) is 20.8 Å². The molecule has 0 heterocycles. The molecule has 4 N–H and O–H groups in total. The number of hydrogen-bond donors (Lipinski definition) is 3. The van der Waals surface area contributed by atoms with Crippen LogP contribution < -0.4 is 16.4 Å². The number of amides is 2. The smallest absolute Gasteiger partial charge is 0.399 e. The van der Waals surface area contributed by atoms with E-state index in [2.05, 4.69) is 20.9 Å². The number of nitrogens with zero attached hydrogens (tertiary/aromatic N) is 2. The molecule has 9 nitrogen and oxygen atoms in total. The molecule has 0 spiro atoms. The van der Waals surface area contributed by atoms with E-state index in [-0.39, 0.29) is 6.03 Å². The van der Waals surface area contributed by atoms with Crippen molar-refractivity contribution in [2.75, 3.05) is 37.4 Å². The van der Waals surface area contributed by atoms with Gasteiger partial charge < -0.3 is 29.6 Å². The molecule has 2 rings (SSSR count). The fourth-order valence-corrected chi connectivity index (χ4v) is 5.56. The molecule has 0 aliphatic carbocycles. The van der Waals surface area contributed by atoms with Crippen molar-refractivity contribution in [3.05, 3.63) is 48.5 Å². The van der Waals surface area contributed by atoms with Gasteiger partial charge in [-0.15, -0.1) is 0 Å². The molecule has 10 heteroatoms. The highest BCUT2D eigenvalue weighted by atomic mass is 28.4. The van der Waals surface area contributed by atoms with Gasteiger partial charge in [0.05, 0.1) is 11.4 Å². The van der Waals surface area contributed by atoms with Crippen LogP contribution in [-0.4, -0.2) is 41.2 Å². The first-order valence-electron chi connectivity index (χ1n) is 10.8. The maximum absolute atomic E-state index is 12.2. The highest BCUT2D eigenvalue weighted by Gasteiger charge is 2.39. The minimum Gasteiger partial charge on any atom is -0.399 e. The van der Waals surface area contributed by atoms with Crippen LogP contribution in [0.15, 0.2) is 58.8 Å². The van der Waals surface area contributed by atoms with Crippen LogP contribution in [-0.2, 0) is 13.3 Å². The SMILES string of the molecule is CCO[Si](CCCNC(=O)Nc1ccc(N=Nc2ccc(N)cc2)cc1)(OCC)OCC. The van der Waals surface area contributed by atoms with Gasteiger partial charge in [0.25, 0.3) is 0 Å². The number of carbonyl (C=O) groups excluding carboxylic acids is 1. The third-order valence-electron chi connectivity index (χ3n) is 4.34. The number of nitrogens with two attached hydrogens (primary N) is 1. The lowest BCUT2D eigenvalue weighted by atomic mass is 10.3. The monoisotopic (exact) mass is 459 g/mol. The number of nitrogen functional groups attached to an aromatic ring is 1. The van der Waals surface area contributed by atoms with Crippen molar-refractivity contribution in [3.8, 4) is 0 Å². The van der Waals surface area contributed by atoms with Crippen LogP contribution in [0.2, 0.25) is 6.04 Å². The Morgan fingerprint density at radius 1 is 0.875 bits per heavy atom. The van der Waals surface area contributed by atoms with E-state index >= 15 is 0 Å². The second kappa shape index (κ2) is 13.6. The Balaban J connectivity index is 1.78. The van der Waals surface area contributed by atoms with E-state index < -0.39 is 8.80 Å². The Hall–Kier alpha value is -2.79. The number of azo groups is 1. The maximum atomic E-state index is 12.2. The van der Waals surface area contributed by atoms with Crippen LogP contribution >= 0.6 is 0 Å². The summed E-state index contributed by atoms with van der Waals surface area (Å²) in [5, 5.41) is 14.0. The molecule has 0 bridgehead atoms. The van der Waals surface area contributed by atoms with Crippen LogP contribution in [0.3, 0.4) is 0 Å². The van der Waals surface area contributed by atoms with E-state index in [0.717, 1.165) is 0 Å². The summed E-state index contributed by atoms with van der Waals surface area (Å²) in [6.45, 7) is 7.88. The minimum absolute atomic E-state index is 0.280. The summed E-state index contributed by atoms with van der Waals surface area (Å²) >= 11 is 0. The van der Waals surface area contributed by atoms with Gasteiger partial charge in [0.15, 0.2) is 0 Å². The van der Waals surface area contributed by atoms with Crippen LogP contribution in [0.25, 0.3) is 0 Å². The van der Waals surface area contributed by atoms with Gasteiger partial charge >= 0.3 is 14.8 Å². The van der Waals surface area contributed by atoms with Gasteiger partial charge in [-0.1, -0.05) is 0 Å². The molecule has 0 saturated carbocycles. The number of rotatable bonds is 13. The average molecular weight is 460 g/mol. The van der Waals surface area contributed by atoms with Crippen molar-refractivity contribution in [2.24, 2.45) is 10.2 Å². The zero-order valence-corrected chi connectivity index (χ0v) is 20.0. The third-order valence-corrected chi connectivity index (χ3v) is 7.49. The molecule has 0 fully saturated rings. The quantitative estimate of drug-likeness (QED) is 0.164. The normalized spacial score (nSPS) is 11.6. The molecular formula is C22H33N5O4Si. The summed E-state index contributed by atoms with van der Waals surface area (Å²) in [7, 11) is -2.68. The molecular weight excluding hydrogens is 426 g/mol. The van der Waals surface area contributed by atoms with E-state index in [4.69, 9.17) is 19.0 Å². The van der Waals surface area contributed by atoms with Gasteiger partial charge in [-0.05, 0) is 75.7 Å². The molecule has 2 aromatic rings. The molecule has 2 aromatic carbocycles. The van der Waals surface area contributed by atoms with Crippen molar-refractivity contribution in [3.63, 3.8) is 0 Å². The lowest BCUT2D eigenvalue weighted by Crippen LogP contribution is -2.46. The average Bonchev–Trinajstić information content (AvgIpc) is 2.78. The fourth-order valence-electron chi connectivity index (χ4n) is 2.95. The summed E-state index contributed by atoms with van der Waals surface area (Å²) in [6.07, 6.45) is 0.699. The molecule has 32 heavy (non-hydrogen) atoms. The van der Waals surface area contributed by atoms with E-state index in [0.29, 0.717) is 61.6 Å². The zero-order chi connectivity index (χ0) is 23.2. The maximum Gasteiger partial charge on any atom is 0.500 e. The molecule has 0 atom stereocenters. The zero-order valence-electron chi connectivity index (χ0n) is 19.0. The Morgan fingerprint density at radius 2 is 1.38 bits per heavy atom. The van der Waals surface area contributed by atoms with Gasteiger partial charge in [0, 0.05) is 43.8 Å². The van der Waals surface area contributed by atoms with E-state index in [9.17, 15) is 4.79 Å². The van der Waals surface area contributed by atoms with Crippen molar-refractivity contribution in [1.29, 1.82) is 0 Å².